The molecule has 1 N–H and O–H groups in total. The first-order valence-corrected chi connectivity index (χ1v) is 9.30. The van der Waals surface area contributed by atoms with Gasteiger partial charge in [0.1, 0.15) is 11.5 Å². The van der Waals surface area contributed by atoms with E-state index < -0.39 is 0 Å². The molecule has 144 valence electrons. The third-order valence-electron chi connectivity index (χ3n) is 5.17. The topological polar surface area (TPSA) is 56.8 Å². The maximum Gasteiger partial charge on any atom is 0.257 e. The fourth-order valence-corrected chi connectivity index (χ4v) is 3.38. The Hall–Kier alpha value is -2.53. The number of hydrogen-bond donors (Lipinski definition) is 1. The molecule has 1 aliphatic heterocycles. The predicted octanol–water partition coefficient (Wildman–Crippen LogP) is 3.25. The number of carbonyl (C=O) groups excluding carboxylic acids is 1. The van der Waals surface area contributed by atoms with Gasteiger partial charge in [0.2, 0.25) is 0 Å². The third-order valence-corrected chi connectivity index (χ3v) is 5.17. The van der Waals surface area contributed by atoms with Crippen LogP contribution in [0, 0.1) is 6.92 Å². The van der Waals surface area contributed by atoms with E-state index in [0.717, 1.165) is 24.2 Å². The van der Waals surface area contributed by atoms with Crippen LogP contribution in [0.3, 0.4) is 0 Å². The van der Waals surface area contributed by atoms with Crippen molar-refractivity contribution in [1.82, 2.24) is 5.32 Å². The first-order chi connectivity index (χ1) is 13.1. The molecule has 27 heavy (non-hydrogen) atoms. The Balaban J connectivity index is 1.60. The Morgan fingerprint density at radius 1 is 1.04 bits per heavy atom. The lowest BCUT2D eigenvalue weighted by Crippen LogP contribution is -2.45. The molecule has 1 amide bonds. The van der Waals surface area contributed by atoms with E-state index in [9.17, 15) is 4.79 Å². The zero-order valence-electron chi connectivity index (χ0n) is 16.0. The summed E-state index contributed by atoms with van der Waals surface area (Å²) in [5.74, 6) is 1.41. The van der Waals surface area contributed by atoms with Crippen molar-refractivity contribution < 1.29 is 19.0 Å². The number of carbonyl (C=O) groups is 1. The molecule has 5 nitrogen and oxygen atoms in total. The van der Waals surface area contributed by atoms with Gasteiger partial charge < -0.3 is 19.5 Å². The van der Waals surface area contributed by atoms with Crippen LogP contribution in [0.15, 0.2) is 48.5 Å². The zero-order valence-corrected chi connectivity index (χ0v) is 16.0. The normalized spacial score (nSPS) is 15.8. The smallest absolute Gasteiger partial charge is 0.257 e. The molecule has 1 saturated heterocycles. The van der Waals surface area contributed by atoms with E-state index in [1.807, 2.05) is 43.3 Å². The number of nitrogens with one attached hydrogen (secondary N) is 1. The van der Waals surface area contributed by atoms with Gasteiger partial charge in [-0.25, -0.2) is 0 Å². The molecule has 1 aliphatic rings. The summed E-state index contributed by atoms with van der Waals surface area (Å²) in [7, 11) is 1.66. The van der Waals surface area contributed by atoms with Gasteiger partial charge in [0.25, 0.3) is 5.91 Å². The molecule has 5 heteroatoms. The molecule has 0 bridgehead atoms. The first kappa shape index (κ1) is 19.2. The van der Waals surface area contributed by atoms with Crippen molar-refractivity contribution in [1.29, 1.82) is 0 Å². The molecule has 3 rings (SSSR count). The molecule has 0 spiro atoms. The van der Waals surface area contributed by atoms with Crippen LogP contribution in [0.25, 0.3) is 0 Å². The van der Waals surface area contributed by atoms with Crippen LogP contribution in [0.5, 0.6) is 11.5 Å². The summed E-state index contributed by atoms with van der Waals surface area (Å²) in [5.41, 5.74) is 2.24. The number of benzene rings is 2. The number of aryl methyl sites for hydroxylation is 1. The van der Waals surface area contributed by atoms with E-state index in [-0.39, 0.29) is 17.9 Å². The van der Waals surface area contributed by atoms with Crippen molar-refractivity contribution in [3.8, 4) is 11.5 Å². The van der Waals surface area contributed by atoms with Gasteiger partial charge in [0.15, 0.2) is 6.61 Å². The summed E-state index contributed by atoms with van der Waals surface area (Å²) in [6, 6.07) is 15.8. The minimum Gasteiger partial charge on any atom is -0.497 e. The van der Waals surface area contributed by atoms with Crippen molar-refractivity contribution in [2.75, 3.05) is 33.5 Å². The van der Waals surface area contributed by atoms with Gasteiger partial charge in [-0.1, -0.05) is 29.8 Å². The summed E-state index contributed by atoms with van der Waals surface area (Å²) in [6.45, 7) is 3.99. The van der Waals surface area contributed by atoms with Gasteiger partial charge in [-0.2, -0.15) is 0 Å². The molecular weight excluding hydrogens is 342 g/mol. The van der Waals surface area contributed by atoms with E-state index in [1.165, 1.54) is 5.56 Å². The monoisotopic (exact) mass is 369 g/mol. The van der Waals surface area contributed by atoms with Crippen molar-refractivity contribution in [2.24, 2.45) is 0 Å². The second-order valence-corrected chi connectivity index (χ2v) is 7.00. The van der Waals surface area contributed by atoms with Gasteiger partial charge in [0.05, 0.1) is 7.11 Å². The lowest BCUT2D eigenvalue weighted by molar-refractivity contribution is -0.123. The van der Waals surface area contributed by atoms with E-state index >= 15 is 0 Å². The van der Waals surface area contributed by atoms with Crippen LogP contribution in [0.4, 0.5) is 0 Å². The summed E-state index contributed by atoms with van der Waals surface area (Å²) >= 11 is 0. The molecule has 1 fully saturated rings. The number of amides is 1. The number of hydrogen-bond acceptors (Lipinski definition) is 4. The van der Waals surface area contributed by atoms with E-state index in [4.69, 9.17) is 14.2 Å². The van der Waals surface area contributed by atoms with Gasteiger partial charge in [-0.15, -0.1) is 0 Å². The average Bonchev–Trinajstić information content (AvgIpc) is 2.72. The molecular formula is C22H27NO4. The highest BCUT2D eigenvalue weighted by atomic mass is 16.5. The first-order valence-electron chi connectivity index (χ1n) is 9.30. The van der Waals surface area contributed by atoms with Gasteiger partial charge in [-0.3, -0.25) is 4.79 Å². The van der Waals surface area contributed by atoms with Crippen LogP contribution in [0.2, 0.25) is 0 Å². The molecule has 0 aliphatic carbocycles. The molecule has 0 radical (unpaired) electrons. The highest BCUT2D eigenvalue weighted by Gasteiger charge is 2.34. The molecule has 0 saturated carbocycles. The van der Waals surface area contributed by atoms with Crippen LogP contribution in [-0.2, 0) is 14.9 Å². The standard InChI is InChI=1S/C22H27NO4/c1-17-3-7-20(8-4-17)27-15-21(24)23-16-22(11-13-26-14-12-22)18-5-9-19(25-2)10-6-18/h3-10H,11-16H2,1-2H3,(H,23,24). The van der Waals surface area contributed by atoms with Gasteiger partial charge in [0, 0.05) is 25.2 Å². The molecule has 2 aromatic rings. The molecule has 0 unspecified atom stereocenters. The Morgan fingerprint density at radius 2 is 1.67 bits per heavy atom. The Bertz CT molecular complexity index is 734. The molecule has 2 aromatic carbocycles. The lowest BCUT2D eigenvalue weighted by Gasteiger charge is -2.38. The largest absolute Gasteiger partial charge is 0.497 e. The van der Waals surface area contributed by atoms with Crippen molar-refractivity contribution >= 4 is 5.91 Å². The Kier molecular flexibility index (Phi) is 6.35. The average molecular weight is 369 g/mol. The summed E-state index contributed by atoms with van der Waals surface area (Å²) < 4.78 is 16.4. The number of ether oxygens (including phenoxy) is 3. The van der Waals surface area contributed by atoms with Crippen molar-refractivity contribution in [3.63, 3.8) is 0 Å². The van der Waals surface area contributed by atoms with Crippen molar-refractivity contribution in [2.45, 2.75) is 25.2 Å². The second-order valence-electron chi connectivity index (χ2n) is 7.00. The maximum absolute atomic E-state index is 12.3. The fraction of sp³-hybridized carbons (Fsp3) is 0.409. The summed E-state index contributed by atoms with van der Waals surface area (Å²) in [6.07, 6.45) is 1.75. The summed E-state index contributed by atoms with van der Waals surface area (Å²) in [5, 5.41) is 3.05. The molecule has 0 aromatic heterocycles. The zero-order chi connectivity index (χ0) is 19.1. The highest BCUT2D eigenvalue weighted by Crippen LogP contribution is 2.35. The van der Waals surface area contributed by atoms with E-state index in [0.29, 0.717) is 25.5 Å². The number of methoxy groups -OCH3 is 1. The van der Waals surface area contributed by atoms with Crippen LogP contribution < -0.4 is 14.8 Å². The Labute approximate surface area is 160 Å². The SMILES string of the molecule is COc1ccc(C2(CNC(=O)COc3ccc(C)cc3)CCOCC2)cc1. The van der Waals surface area contributed by atoms with Gasteiger partial charge >= 0.3 is 0 Å². The fourth-order valence-electron chi connectivity index (χ4n) is 3.38. The van der Waals surface area contributed by atoms with Crippen molar-refractivity contribution in [3.05, 3.63) is 59.7 Å². The number of rotatable bonds is 7. The minimum absolute atomic E-state index is 0.0122. The third kappa shape index (κ3) is 5.01. The molecule has 1 heterocycles. The van der Waals surface area contributed by atoms with E-state index in [1.54, 1.807) is 7.11 Å². The summed E-state index contributed by atoms with van der Waals surface area (Å²) in [4.78, 5) is 12.3. The van der Waals surface area contributed by atoms with Crippen LogP contribution in [0.1, 0.15) is 24.0 Å². The second kappa shape index (κ2) is 8.91. The lowest BCUT2D eigenvalue weighted by atomic mass is 9.74. The van der Waals surface area contributed by atoms with E-state index in [2.05, 4.69) is 17.4 Å². The van der Waals surface area contributed by atoms with Gasteiger partial charge in [-0.05, 0) is 49.6 Å². The quantitative estimate of drug-likeness (QED) is 0.814. The van der Waals surface area contributed by atoms with Crippen LogP contribution >= 0.6 is 0 Å². The Morgan fingerprint density at radius 3 is 2.30 bits per heavy atom. The minimum atomic E-state index is -0.121. The molecule has 0 atom stereocenters. The predicted molar refractivity (Wildman–Crippen MR) is 104 cm³/mol. The highest BCUT2D eigenvalue weighted by molar-refractivity contribution is 5.77. The maximum atomic E-state index is 12.3. The van der Waals surface area contributed by atoms with Crippen LogP contribution in [-0.4, -0.2) is 39.4 Å².